The Morgan fingerprint density at radius 3 is 2.26 bits per heavy atom. The summed E-state index contributed by atoms with van der Waals surface area (Å²) in [5.41, 5.74) is 0.861. The molecule has 0 aliphatic carbocycles. The Morgan fingerprint density at radius 2 is 1.68 bits per heavy atom. The highest BCUT2D eigenvalue weighted by Gasteiger charge is 2.07. The minimum absolute atomic E-state index is 0.00933. The number of sulfone groups is 1. The van der Waals surface area contributed by atoms with Crippen molar-refractivity contribution in [2.24, 2.45) is 0 Å². The van der Waals surface area contributed by atoms with E-state index in [0.29, 0.717) is 4.90 Å². The summed E-state index contributed by atoms with van der Waals surface area (Å²) in [7, 11) is -3.15. The van der Waals surface area contributed by atoms with Gasteiger partial charge in [-0.15, -0.1) is 0 Å². The molecule has 0 saturated carbocycles. The molecule has 0 atom stereocenters. The average Bonchev–Trinajstić information content (AvgIpc) is 2.39. The summed E-state index contributed by atoms with van der Waals surface area (Å²) >= 11 is 1.50. The van der Waals surface area contributed by atoms with Crippen LogP contribution in [0, 0.1) is 0 Å². The lowest BCUT2D eigenvalue weighted by Crippen LogP contribution is -1.96. The van der Waals surface area contributed by atoms with Gasteiger partial charge in [-0.2, -0.15) is 0 Å². The molecule has 2 rings (SSSR count). The largest absolute Gasteiger partial charge is 0.392 e. The Labute approximate surface area is 117 Å². The van der Waals surface area contributed by atoms with E-state index < -0.39 is 9.84 Å². The number of rotatable bonds is 4. The maximum absolute atomic E-state index is 11.4. The van der Waals surface area contributed by atoms with Crippen LogP contribution >= 0.6 is 11.8 Å². The summed E-state index contributed by atoms with van der Waals surface area (Å²) in [6.45, 7) is -0.00933. The van der Waals surface area contributed by atoms with Gasteiger partial charge in [0.25, 0.3) is 0 Å². The summed E-state index contributed by atoms with van der Waals surface area (Å²) in [6.07, 6.45) is 1.19. The fourth-order valence-electron chi connectivity index (χ4n) is 1.62. The molecule has 19 heavy (non-hydrogen) atoms. The molecule has 0 aliphatic heterocycles. The third kappa shape index (κ3) is 3.59. The molecule has 0 unspecified atom stereocenters. The smallest absolute Gasteiger partial charge is 0.175 e. The third-order valence-electron chi connectivity index (χ3n) is 2.62. The van der Waals surface area contributed by atoms with Crippen molar-refractivity contribution in [2.75, 3.05) is 6.26 Å². The molecule has 5 heteroatoms. The van der Waals surface area contributed by atoms with Crippen LogP contribution in [0.3, 0.4) is 0 Å². The van der Waals surface area contributed by atoms with Crippen molar-refractivity contribution >= 4 is 21.6 Å². The van der Waals surface area contributed by atoms with E-state index in [-0.39, 0.29) is 6.61 Å². The molecule has 0 aromatic heterocycles. The molecule has 3 nitrogen and oxygen atoms in total. The van der Waals surface area contributed by atoms with E-state index in [2.05, 4.69) is 0 Å². The highest BCUT2D eigenvalue weighted by Crippen LogP contribution is 2.31. The van der Waals surface area contributed by atoms with Gasteiger partial charge in [-0.05, 0) is 35.9 Å². The summed E-state index contributed by atoms with van der Waals surface area (Å²) in [5.74, 6) is 0. The van der Waals surface area contributed by atoms with Crippen molar-refractivity contribution in [3.8, 4) is 0 Å². The van der Waals surface area contributed by atoms with Crippen LogP contribution in [0.2, 0.25) is 0 Å². The van der Waals surface area contributed by atoms with Gasteiger partial charge in [0, 0.05) is 16.0 Å². The first-order chi connectivity index (χ1) is 9.00. The van der Waals surface area contributed by atoms with E-state index in [0.717, 1.165) is 15.4 Å². The Morgan fingerprint density at radius 1 is 1.05 bits per heavy atom. The van der Waals surface area contributed by atoms with Gasteiger partial charge in [0.05, 0.1) is 11.5 Å². The van der Waals surface area contributed by atoms with Gasteiger partial charge in [-0.25, -0.2) is 8.42 Å². The molecule has 0 heterocycles. The molecule has 1 N–H and O–H groups in total. The van der Waals surface area contributed by atoms with E-state index >= 15 is 0 Å². The van der Waals surface area contributed by atoms with Gasteiger partial charge in [0.1, 0.15) is 0 Å². The van der Waals surface area contributed by atoms with Gasteiger partial charge in [0.2, 0.25) is 0 Å². The molecule has 2 aromatic carbocycles. The lowest BCUT2D eigenvalue weighted by Gasteiger charge is -2.07. The van der Waals surface area contributed by atoms with Crippen molar-refractivity contribution < 1.29 is 13.5 Å². The molecule has 0 spiro atoms. The van der Waals surface area contributed by atoms with Crippen molar-refractivity contribution in [2.45, 2.75) is 21.3 Å². The summed E-state index contributed by atoms with van der Waals surface area (Å²) in [4.78, 5) is 2.22. The molecular weight excluding hydrogens is 280 g/mol. The Balaban J connectivity index is 2.25. The van der Waals surface area contributed by atoms with E-state index in [1.165, 1.54) is 18.0 Å². The van der Waals surface area contributed by atoms with Crippen LogP contribution in [-0.4, -0.2) is 19.8 Å². The first-order valence-electron chi connectivity index (χ1n) is 5.67. The van der Waals surface area contributed by atoms with E-state index in [1.807, 2.05) is 24.3 Å². The molecule has 0 radical (unpaired) electrons. The van der Waals surface area contributed by atoms with Crippen LogP contribution in [-0.2, 0) is 16.4 Å². The van der Waals surface area contributed by atoms with Gasteiger partial charge in [0.15, 0.2) is 9.84 Å². The van der Waals surface area contributed by atoms with Gasteiger partial charge >= 0.3 is 0 Å². The maximum atomic E-state index is 11.4. The summed E-state index contributed by atoms with van der Waals surface area (Å²) in [5, 5.41) is 9.25. The number of benzene rings is 2. The van der Waals surface area contributed by atoms with Crippen LogP contribution in [0.1, 0.15) is 5.56 Å². The zero-order chi connectivity index (χ0) is 13.9. The number of aliphatic hydroxyl groups is 1. The van der Waals surface area contributed by atoms with Crippen LogP contribution < -0.4 is 0 Å². The minimum Gasteiger partial charge on any atom is -0.392 e. The monoisotopic (exact) mass is 294 g/mol. The van der Waals surface area contributed by atoms with E-state index in [4.69, 9.17) is 0 Å². The van der Waals surface area contributed by atoms with Crippen molar-refractivity contribution in [1.29, 1.82) is 0 Å². The fraction of sp³-hybridized carbons (Fsp3) is 0.143. The van der Waals surface area contributed by atoms with Crippen molar-refractivity contribution in [3.05, 3.63) is 54.1 Å². The predicted octanol–water partition coefficient (Wildman–Crippen LogP) is 2.73. The Hall–Kier alpha value is -1.30. The Kier molecular flexibility index (Phi) is 4.29. The average molecular weight is 294 g/mol. The predicted molar refractivity (Wildman–Crippen MR) is 76.0 cm³/mol. The van der Waals surface area contributed by atoms with Crippen LogP contribution in [0.15, 0.2) is 63.2 Å². The third-order valence-corrected chi connectivity index (χ3v) is 4.88. The second-order valence-corrected chi connectivity index (χ2v) is 7.24. The molecule has 0 saturated heterocycles. The van der Waals surface area contributed by atoms with Gasteiger partial charge in [-0.3, -0.25) is 0 Å². The summed E-state index contributed by atoms with van der Waals surface area (Å²) < 4.78 is 22.7. The quantitative estimate of drug-likeness (QED) is 0.942. The number of hydrogen-bond acceptors (Lipinski definition) is 4. The maximum Gasteiger partial charge on any atom is 0.175 e. The van der Waals surface area contributed by atoms with Gasteiger partial charge < -0.3 is 5.11 Å². The number of hydrogen-bond donors (Lipinski definition) is 1. The summed E-state index contributed by atoms with van der Waals surface area (Å²) in [6, 6.07) is 14.3. The normalized spacial score (nSPS) is 11.5. The first-order valence-corrected chi connectivity index (χ1v) is 8.38. The first kappa shape index (κ1) is 14.1. The Bertz CT molecular complexity index is 661. The molecule has 0 bridgehead atoms. The van der Waals surface area contributed by atoms with E-state index in [9.17, 15) is 13.5 Å². The van der Waals surface area contributed by atoms with Crippen LogP contribution in [0.25, 0.3) is 0 Å². The molecule has 2 aromatic rings. The standard InChI is InChI=1S/C14H14O3S2/c1-19(16,17)13-8-6-12(7-9-13)18-14-5-3-2-4-11(14)10-15/h2-9,15H,10H2,1H3. The van der Waals surface area contributed by atoms with Crippen LogP contribution in [0.4, 0.5) is 0 Å². The molecule has 0 fully saturated rings. The van der Waals surface area contributed by atoms with Gasteiger partial charge in [-0.1, -0.05) is 30.0 Å². The highest BCUT2D eigenvalue weighted by atomic mass is 32.2. The number of aliphatic hydroxyl groups excluding tert-OH is 1. The SMILES string of the molecule is CS(=O)(=O)c1ccc(Sc2ccccc2CO)cc1. The zero-order valence-corrected chi connectivity index (χ0v) is 12.0. The topological polar surface area (TPSA) is 54.4 Å². The van der Waals surface area contributed by atoms with E-state index in [1.54, 1.807) is 24.3 Å². The minimum atomic E-state index is -3.15. The molecule has 0 amide bonds. The molecular formula is C14H14O3S2. The lowest BCUT2D eigenvalue weighted by atomic mass is 10.2. The molecule has 100 valence electrons. The zero-order valence-electron chi connectivity index (χ0n) is 10.4. The lowest BCUT2D eigenvalue weighted by molar-refractivity contribution is 0.279. The van der Waals surface area contributed by atoms with Crippen molar-refractivity contribution in [3.63, 3.8) is 0 Å². The molecule has 0 aliphatic rings. The second kappa shape index (κ2) is 5.77. The van der Waals surface area contributed by atoms with Crippen LogP contribution in [0.5, 0.6) is 0 Å². The highest BCUT2D eigenvalue weighted by molar-refractivity contribution is 7.99. The fourth-order valence-corrected chi connectivity index (χ4v) is 3.18. The second-order valence-electron chi connectivity index (χ2n) is 4.11. The van der Waals surface area contributed by atoms with Crippen molar-refractivity contribution in [1.82, 2.24) is 0 Å².